The molecule has 0 bridgehead atoms. The molecule has 5 nitrogen and oxygen atoms in total. The molecule has 0 rings (SSSR count). The maximum atomic E-state index is 12.5. The number of carbonyl (C=O) groups is 2. The van der Waals surface area contributed by atoms with Gasteiger partial charge in [-0.1, -0.05) is 11.1 Å². The fourth-order valence-electron chi connectivity index (χ4n) is 0.422. The zero-order chi connectivity index (χ0) is 17.6. The monoisotopic (exact) mass is 325 g/mol. The SMILES string of the molecule is C=C(C)C(=O)O.CC(C)N(F)C(=O)OC(F)(F)C(F)(F)F. The number of halogens is 6. The van der Waals surface area contributed by atoms with Crippen LogP contribution in [0.15, 0.2) is 12.2 Å². The fraction of sp³-hybridized carbons (Fsp3) is 0.600. The number of carboxylic acid groups (broad SMARTS) is 1. The second-order valence-electron chi connectivity index (χ2n) is 3.87. The Morgan fingerprint density at radius 3 is 1.71 bits per heavy atom. The van der Waals surface area contributed by atoms with Gasteiger partial charge in [0.15, 0.2) is 0 Å². The first kappa shape index (κ1) is 21.4. The molecule has 0 saturated carbocycles. The van der Waals surface area contributed by atoms with Crippen molar-refractivity contribution in [2.75, 3.05) is 0 Å². The van der Waals surface area contributed by atoms with Gasteiger partial charge in [-0.3, -0.25) is 0 Å². The van der Waals surface area contributed by atoms with Gasteiger partial charge < -0.3 is 9.84 Å². The number of amides is 1. The van der Waals surface area contributed by atoms with Crippen molar-refractivity contribution in [1.29, 1.82) is 0 Å². The summed E-state index contributed by atoms with van der Waals surface area (Å²) in [4.78, 5) is 20.0. The van der Waals surface area contributed by atoms with E-state index < -0.39 is 35.5 Å². The molecule has 0 aliphatic carbocycles. The highest BCUT2D eigenvalue weighted by Gasteiger charge is 2.62. The summed E-state index contributed by atoms with van der Waals surface area (Å²) < 4.78 is 73.7. The second-order valence-corrected chi connectivity index (χ2v) is 3.87. The van der Waals surface area contributed by atoms with Crippen molar-refractivity contribution in [3.05, 3.63) is 12.2 Å². The van der Waals surface area contributed by atoms with Crippen LogP contribution in [-0.4, -0.2) is 40.6 Å². The maximum absolute atomic E-state index is 12.5. The number of aliphatic carboxylic acids is 1. The summed E-state index contributed by atoms with van der Waals surface area (Å²) in [5.74, 6) is -0.935. The van der Waals surface area contributed by atoms with Crippen molar-refractivity contribution in [1.82, 2.24) is 5.12 Å². The molecule has 11 heteroatoms. The van der Waals surface area contributed by atoms with E-state index in [4.69, 9.17) is 5.11 Å². The smallest absolute Gasteiger partial charge is 0.478 e. The molecule has 1 amide bonds. The molecule has 0 aliphatic heterocycles. The van der Waals surface area contributed by atoms with E-state index in [1.165, 1.54) is 6.92 Å². The first-order valence-corrected chi connectivity index (χ1v) is 5.14. The van der Waals surface area contributed by atoms with Gasteiger partial charge >= 0.3 is 24.3 Å². The molecule has 0 aromatic rings. The van der Waals surface area contributed by atoms with E-state index in [-0.39, 0.29) is 5.57 Å². The molecule has 21 heavy (non-hydrogen) atoms. The summed E-state index contributed by atoms with van der Waals surface area (Å²) >= 11 is 0. The van der Waals surface area contributed by atoms with Crippen molar-refractivity contribution in [3.63, 3.8) is 0 Å². The van der Waals surface area contributed by atoms with Crippen molar-refractivity contribution >= 4 is 12.1 Å². The van der Waals surface area contributed by atoms with E-state index >= 15 is 0 Å². The third kappa shape index (κ3) is 8.05. The number of ether oxygens (including phenoxy) is 1. The van der Waals surface area contributed by atoms with Crippen LogP contribution >= 0.6 is 0 Å². The van der Waals surface area contributed by atoms with Gasteiger partial charge in [0.2, 0.25) is 0 Å². The Morgan fingerprint density at radius 2 is 1.52 bits per heavy atom. The van der Waals surface area contributed by atoms with Crippen molar-refractivity contribution in [2.24, 2.45) is 0 Å². The highest BCUT2D eigenvalue weighted by atomic mass is 19.4. The van der Waals surface area contributed by atoms with Crippen molar-refractivity contribution in [3.8, 4) is 0 Å². The molecule has 1 N–H and O–H groups in total. The molecule has 124 valence electrons. The molecular formula is C10H13F6NO4. The molecule has 0 unspecified atom stereocenters. The predicted molar refractivity (Wildman–Crippen MR) is 58.0 cm³/mol. The minimum Gasteiger partial charge on any atom is -0.478 e. The van der Waals surface area contributed by atoms with Gasteiger partial charge in [0.1, 0.15) is 0 Å². The lowest BCUT2D eigenvalue weighted by molar-refractivity contribution is -0.374. The molecule has 0 aromatic heterocycles. The zero-order valence-corrected chi connectivity index (χ0v) is 11.2. The van der Waals surface area contributed by atoms with Gasteiger partial charge in [-0.25, -0.2) is 9.59 Å². The van der Waals surface area contributed by atoms with Crippen molar-refractivity contribution < 1.29 is 45.9 Å². The third-order valence-corrected chi connectivity index (χ3v) is 1.54. The Kier molecular flexibility index (Phi) is 7.87. The summed E-state index contributed by atoms with van der Waals surface area (Å²) in [6, 6.07) is -1.21. The molecule has 0 spiro atoms. The molecule has 0 aromatic carbocycles. The van der Waals surface area contributed by atoms with Crippen LogP contribution in [0.25, 0.3) is 0 Å². The summed E-state index contributed by atoms with van der Waals surface area (Å²) in [6.07, 6.45) is -14.2. The minimum absolute atomic E-state index is 0.176. The summed E-state index contributed by atoms with van der Waals surface area (Å²) in [5, 5.41) is 7.02. The number of nitrogens with zero attached hydrogens (tertiary/aromatic N) is 1. The van der Waals surface area contributed by atoms with Crippen LogP contribution in [0, 0.1) is 0 Å². The topological polar surface area (TPSA) is 66.8 Å². The van der Waals surface area contributed by atoms with E-state index in [0.29, 0.717) is 0 Å². The van der Waals surface area contributed by atoms with Crippen LogP contribution in [0.1, 0.15) is 20.8 Å². The van der Waals surface area contributed by atoms with Gasteiger partial charge in [0.25, 0.3) is 0 Å². The molecule has 0 aliphatic rings. The quantitative estimate of drug-likeness (QED) is 0.490. The Morgan fingerprint density at radius 1 is 1.19 bits per heavy atom. The lowest BCUT2D eigenvalue weighted by atomic mass is 10.4. The number of alkyl halides is 5. The average Bonchev–Trinajstić information content (AvgIpc) is 2.26. The van der Waals surface area contributed by atoms with Crippen LogP contribution in [0.5, 0.6) is 0 Å². The van der Waals surface area contributed by atoms with E-state index in [1.54, 1.807) is 0 Å². The van der Waals surface area contributed by atoms with E-state index in [9.17, 15) is 36.0 Å². The Balaban J connectivity index is 0. The molecule has 0 fully saturated rings. The first-order valence-electron chi connectivity index (χ1n) is 5.14. The highest BCUT2D eigenvalue weighted by Crippen LogP contribution is 2.36. The Hall–Kier alpha value is -1.94. The van der Waals surface area contributed by atoms with Crippen LogP contribution in [0.4, 0.5) is 31.2 Å². The number of rotatable bonds is 3. The highest BCUT2D eigenvalue weighted by molar-refractivity contribution is 5.84. The first-order chi connectivity index (χ1) is 9.13. The van der Waals surface area contributed by atoms with E-state index in [1.807, 2.05) is 0 Å². The zero-order valence-electron chi connectivity index (χ0n) is 11.2. The summed E-state index contributed by atoms with van der Waals surface area (Å²) in [5.41, 5.74) is 0.176. The summed E-state index contributed by atoms with van der Waals surface area (Å²) in [6.45, 7) is 6.73. The average molecular weight is 325 g/mol. The lowest BCUT2D eigenvalue weighted by Gasteiger charge is -2.22. The molecule has 0 atom stereocenters. The van der Waals surface area contributed by atoms with Crippen LogP contribution in [-0.2, 0) is 9.53 Å². The normalized spacial score (nSPS) is 11.3. The Labute approximate surface area is 115 Å². The third-order valence-electron chi connectivity index (χ3n) is 1.54. The summed E-state index contributed by atoms with van der Waals surface area (Å²) in [7, 11) is 0. The predicted octanol–water partition coefficient (Wildman–Crippen LogP) is 3.52. The van der Waals surface area contributed by atoms with E-state index in [0.717, 1.165) is 13.8 Å². The maximum Gasteiger partial charge on any atom is 0.502 e. The number of carbonyl (C=O) groups excluding carboxylic acids is 1. The van der Waals surface area contributed by atoms with Crippen molar-refractivity contribution in [2.45, 2.75) is 39.1 Å². The minimum atomic E-state index is -6.07. The molecule has 0 radical (unpaired) electrons. The standard InChI is InChI=1S/C6H7F6NO2.C4H6O2/c1-3(2)13(12)4(14)15-6(10,11)5(7,8)9;1-3(2)4(5)6/h3H,1-2H3;1H2,2H3,(H,5,6). The largest absolute Gasteiger partial charge is 0.502 e. The lowest BCUT2D eigenvalue weighted by Crippen LogP contribution is -2.44. The van der Waals surface area contributed by atoms with Gasteiger partial charge in [-0.05, 0) is 20.8 Å². The fourth-order valence-corrected chi connectivity index (χ4v) is 0.422. The van der Waals surface area contributed by atoms with Gasteiger partial charge in [-0.15, -0.1) is 5.12 Å². The number of hydrogen-bond donors (Lipinski definition) is 1. The Bertz CT molecular complexity index is 381. The van der Waals surface area contributed by atoms with Crippen LogP contribution < -0.4 is 0 Å². The van der Waals surface area contributed by atoms with Crippen LogP contribution in [0.3, 0.4) is 0 Å². The van der Waals surface area contributed by atoms with Gasteiger partial charge in [0.05, 0.1) is 6.04 Å². The second kappa shape index (κ2) is 7.74. The van der Waals surface area contributed by atoms with E-state index in [2.05, 4.69) is 11.3 Å². The number of hydrogen-bond acceptors (Lipinski definition) is 3. The van der Waals surface area contributed by atoms with Gasteiger partial charge in [-0.2, -0.15) is 22.0 Å². The molecule has 0 heterocycles. The molecule has 0 saturated heterocycles. The van der Waals surface area contributed by atoms with Gasteiger partial charge in [0, 0.05) is 5.57 Å². The van der Waals surface area contributed by atoms with Crippen LogP contribution in [0.2, 0.25) is 0 Å². The molecular weight excluding hydrogens is 312 g/mol. The number of carboxylic acids is 1.